The largest absolute Gasteiger partial charge is 0.872 e. The topological polar surface area (TPSA) is 213 Å². The van der Waals surface area contributed by atoms with Gasteiger partial charge in [0.25, 0.3) is 10.1 Å². The quantitative estimate of drug-likeness (QED) is 0.117. The monoisotopic (exact) mass is 581 g/mol. The van der Waals surface area contributed by atoms with Gasteiger partial charge in [-0.15, -0.1) is 5.11 Å². The summed E-state index contributed by atoms with van der Waals surface area (Å²) >= 11 is 0. The molecule has 0 amide bonds. The highest BCUT2D eigenvalue weighted by atomic mass is 32.2. The van der Waals surface area contributed by atoms with Crippen LogP contribution in [0.1, 0.15) is 10.4 Å². The van der Waals surface area contributed by atoms with Crippen LogP contribution in [-0.4, -0.2) is 24.0 Å². The van der Waals surface area contributed by atoms with Crippen molar-refractivity contribution in [3.8, 4) is 22.6 Å². The minimum Gasteiger partial charge on any atom is -0.872 e. The van der Waals surface area contributed by atoms with Crippen molar-refractivity contribution in [1.82, 2.24) is 0 Å². The number of nitrogens with zero attached hydrogens (tertiary/aromatic N) is 4. The fourth-order valence-electron chi connectivity index (χ4n) is 4.05. The molecule has 5 aromatic rings. The van der Waals surface area contributed by atoms with E-state index in [-0.39, 0.29) is 22.0 Å². The fraction of sp³-hybridized carbons (Fsp3) is 0. The third kappa shape index (κ3) is 5.91. The molecule has 0 saturated carbocycles. The van der Waals surface area contributed by atoms with Crippen molar-refractivity contribution < 1.29 is 33.1 Å². The first kappa shape index (κ1) is 27.9. The molecule has 0 aliphatic carbocycles. The molecular formula is C29H19N5O7S-2. The molecule has 0 atom stereocenters. The van der Waals surface area contributed by atoms with E-state index in [2.05, 4.69) is 20.5 Å². The third-order valence-electron chi connectivity index (χ3n) is 6.14. The lowest BCUT2D eigenvalue weighted by atomic mass is 10.1. The maximum Gasteiger partial charge on any atom is 0.335 e. The summed E-state index contributed by atoms with van der Waals surface area (Å²) in [5, 5.41) is 50.0. The first-order chi connectivity index (χ1) is 20.0. The minimum atomic E-state index is -4.77. The highest BCUT2D eigenvalue weighted by molar-refractivity contribution is 7.86. The summed E-state index contributed by atoms with van der Waals surface area (Å²) in [7, 11) is -4.77. The van der Waals surface area contributed by atoms with Crippen LogP contribution in [0.2, 0.25) is 0 Å². The molecule has 0 saturated heterocycles. The lowest BCUT2D eigenvalue weighted by Crippen LogP contribution is -2.02. The SMILES string of the molecule is Nc1ccc2cc(S(=O)(=O)O)c(N=Nc3ccc(-c4ccc(N=Nc5ccc([O-])c(C(=O)O)c5)cc4)cc3)c([O-])c2c1. The molecule has 0 bridgehead atoms. The number of carboxylic acid groups (broad SMARTS) is 1. The van der Waals surface area contributed by atoms with Crippen molar-refractivity contribution in [1.29, 1.82) is 0 Å². The van der Waals surface area contributed by atoms with Gasteiger partial charge >= 0.3 is 5.97 Å². The van der Waals surface area contributed by atoms with E-state index < -0.39 is 38.2 Å². The predicted octanol–water partition coefficient (Wildman–Crippen LogP) is 6.01. The van der Waals surface area contributed by atoms with Crippen LogP contribution in [0.15, 0.2) is 116 Å². The minimum absolute atomic E-state index is 0.139. The number of hydrogen-bond acceptors (Lipinski definition) is 10. The molecule has 0 aliphatic rings. The highest BCUT2D eigenvalue weighted by Gasteiger charge is 2.18. The molecule has 0 aromatic heterocycles. The number of nitrogen functional groups attached to an aromatic ring is 1. The summed E-state index contributed by atoms with van der Waals surface area (Å²) in [6.45, 7) is 0. The van der Waals surface area contributed by atoms with Crippen LogP contribution in [0.4, 0.5) is 28.4 Å². The Kier molecular flexibility index (Phi) is 7.35. The average molecular weight is 582 g/mol. The Labute approximate surface area is 238 Å². The summed E-state index contributed by atoms with van der Waals surface area (Å²) < 4.78 is 33.6. The van der Waals surface area contributed by atoms with Crippen LogP contribution in [0, 0.1) is 0 Å². The van der Waals surface area contributed by atoms with Gasteiger partial charge in [0.05, 0.1) is 28.3 Å². The van der Waals surface area contributed by atoms with E-state index in [1.807, 2.05) is 0 Å². The number of azo groups is 2. The molecule has 13 heteroatoms. The number of benzene rings is 5. The van der Waals surface area contributed by atoms with E-state index in [9.17, 15) is 28.0 Å². The van der Waals surface area contributed by atoms with Gasteiger partial charge in [-0.05, 0) is 76.5 Å². The smallest absolute Gasteiger partial charge is 0.335 e. The van der Waals surface area contributed by atoms with Crippen molar-refractivity contribution in [2.24, 2.45) is 20.5 Å². The average Bonchev–Trinajstić information content (AvgIpc) is 2.96. The van der Waals surface area contributed by atoms with E-state index >= 15 is 0 Å². The number of carbonyl (C=O) groups is 1. The van der Waals surface area contributed by atoms with Gasteiger partial charge in [-0.2, -0.15) is 23.8 Å². The van der Waals surface area contributed by atoms with Gasteiger partial charge in [-0.3, -0.25) is 4.55 Å². The predicted molar refractivity (Wildman–Crippen MR) is 151 cm³/mol. The molecule has 0 aliphatic heterocycles. The van der Waals surface area contributed by atoms with E-state index in [4.69, 9.17) is 10.8 Å². The maximum atomic E-state index is 13.0. The third-order valence-corrected chi connectivity index (χ3v) is 7.01. The molecule has 12 nitrogen and oxygen atoms in total. The Morgan fingerprint density at radius 1 is 0.714 bits per heavy atom. The highest BCUT2D eigenvalue weighted by Crippen LogP contribution is 2.40. The van der Waals surface area contributed by atoms with E-state index in [1.54, 1.807) is 48.5 Å². The van der Waals surface area contributed by atoms with Crippen LogP contribution >= 0.6 is 0 Å². The summed E-state index contributed by atoms with van der Waals surface area (Å²) in [5.74, 6) is -2.70. The Bertz CT molecular complexity index is 2010. The lowest BCUT2D eigenvalue weighted by molar-refractivity contribution is -0.268. The number of nitrogens with two attached hydrogens (primary N) is 1. The second-order valence-electron chi connectivity index (χ2n) is 8.99. The zero-order valence-corrected chi connectivity index (χ0v) is 22.2. The van der Waals surface area contributed by atoms with Crippen LogP contribution in [-0.2, 0) is 10.1 Å². The zero-order valence-electron chi connectivity index (χ0n) is 21.4. The van der Waals surface area contributed by atoms with E-state index in [0.29, 0.717) is 17.1 Å². The van der Waals surface area contributed by atoms with Gasteiger partial charge in [0, 0.05) is 5.69 Å². The van der Waals surface area contributed by atoms with Crippen LogP contribution in [0.5, 0.6) is 11.5 Å². The van der Waals surface area contributed by atoms with Crippen molar-refractivity contribution in [2.75, 3.05) is 5.73 Å². The van der Waals surface area contributed by atoms with Crippen molar-refractivity contribution in [3.05, 3.63) is 96.6 Å². The first-order valence-corrected chi connectivity index (χ1v) is 13.5. The lowest BCUT2D eigenvalue weighted by Gasteiger charge is -2.16. The molecule has 5 aromatic carbocycles. The molecule has 4 N–H and O–H groups in total. The van der Waals surface area contributed by atoms with Gasteiger partial charge in [0.2, 0.25) is 0 Å². The van der Waals surface area contributed by atoms with Gasteiger partial charge in [-0.25, -0.2) is 4.79 Å². The Morgan fingerprint density at radius 2 is 1.26 bits per heavy atom. The molecule has 0 fully saturated rings. The van der Waals surface area contributed by atoms with Crippen LogP contribution in [0.3, 0.4) is 0 Å². The van der Waals surface area contributed by atoms with Gasteiger partial charge in [0.1, 0.15) is 4.90 Å². The molecule has 42 heavy (non-hydrogen) atoms. The number of hydrogen-bond donors (Lipinski definition) is 3. The number of rotatable bonds is 7. The van der Waals surface area contributed by atoms with Gasteiger partial charge in [-0.1, -0.05) is 47.9 Å². The Balaban J connectivity index is 1.36. The van der Waals surface area contributed by atoms with Crippen LogP contribution in [0.25, 0.3) is 21.9 Å². The molecule has 0 spiro atoms. The van der Waals surface area contributed by atoms with E-state index in [0.717, 1.165) is 29.3 Å². The molecular weight excluding hydrogens is 562 g/mol. The Morgan fingerprint density at radius 3 is 1.83 bits per heavy atom. The number of carboxylic acids is 1. The molecule has 5 rings (SSSR count). The number of aromatic carboxylic acids is 1. The van der Waals surface area contributed by atoms with Crippen molar-refractivity contribution in [3.63, 3.8) is 0 Å². The van der Waals surface area contributed by atoms with Crippen molar-refractivity contribution >= 4 is 55.3 Å². The maximum absolute atomic E-state index is 13.0. The normalized spacial score (nSPS) is 11.9. The number of anilines is 1. The fourth-order valence-corrected chi connectivity index (χ4v) is 4.70. The first-order valence-electron chi connectivity index (χ1n) is 12.1. The zero-order chi connectivity index (χ0) is 30.0. The summed E-state index contributed by atoms with van der Waals surface area (Å²) in [5.41, 5.74) is 7.81. The van der Waals surface area contributed by atoms with Gasteiger partial charge < -0.3 is 21.1 Å². The molecule has 0 radical (unpaired) electrons. The number of fused-ring (bicyclic) bond motifs is 1. The van der Waals surface area contributed by atoms with Crippen LogP contribution < -0.4 is 15.9 Å². The molecule has 0 unspecified atom stereocenters. The molecule has 0 heterocycles. The second-order valence-corrected chi connectivity index (χ2v) is 10.4. The summed E-state index contributed by atoms with van der Waals surface area (Å²) in [6, 6.07) is 22.9. The standard InChI is InChI=1S/C29H21N5O7S/c30-19-6-1-18-13-26(42(39,40)41)27(28(36)23(18)14-19)34-32-21-9-4-17(5-10-21)16-2-7-20(8-3-16)31-33-22-11-12-25(35)24(15-22)29(37)38/h1-15,35-36H,30H2,(H,37,38)(H,39,40,41)/p-2. The van der Waals surface area contributed by atoms with Gasteiger partial charge in [0.15, 0.2) is 0 Å². The molecule has 210 valence electrons. The van der Waals surface area contributed by atoms with E-state index in [1.165, 1.54) is 24.3 Å². The second kappa shape index (κ2) is 11.1. The summed E-state index contributed by atoms with van der Waals surface area (Å²) in [6.07, 6.45) is 0. The summed E-state index contributed by atoms with van der Waals surface area (Å²) in [4.78, 5) is 10.5. The Hall–Kier alpha value is -5.66. The van der Waals surface area contributed by atoms with Crippen molar-refractivity contribution in [2.45, 2.75) is 4.90 Å².